The third-order valence-corrected chi connectivity index (χ3v) is 3.13. The molecule has 4 heteroatoms. The van der Waals surface area contributed by atoms with Crippen LogP contribution in [-0.4, -0.2) is 11.5 Å². The van der Waals surface area contributed by atoms with E-state index >= 15 is 0 Å². The molecular formula is C15H18F2N2. The average Bonchev–Trinajstić information content (AvgIpc) is 2.35. The highest BCUT2D eigenvalue weighted by Gasteiger charge is 2.17. The van der Waals surface area contributed by atoms with Crippen molar-refractivity contribution >= 4 is 16.6 Å². The van der Waals surface area contributed by atoms with E-state index in [1.54, 1.807) is 13.0 Å². The molecule has 0 spiro atoms. The van der Waals surface area contributed by atoms with Crippen LogP contribution in [0.25, 0.3) is 10.9 Å². The van der Waals surface area contributed by atoms with Crippen molar-refractivity contribution in [3.63, 3.8) is 0 Å². The van der Waals surface area contributed by atoms with Crippen LogP contribution in [0.1, 0.15) is 37.9 Å². The second-order valence-electron chi connectivity index (χ2n) is 4.99. The predicted octanol–water partition coefficient (Wildman–Crippen LogP) is 4.38. The number of fused-ring (bicyclic) bond motifs is 1. The predicted molar refractivity (Wildman–Crippen MR) is 74.6 cm³/mol. The van der Waals surface area contributed by atoms with E-state index in [0.29, 0.717) is 17.8 Å². The first-order valence-electron chi connectivity index (χ1n) is 6.48. The zero-order chi connectivity index (χ0) is 14.2. The normalized spacial score (nSPS) is 11.3. The van der Waals surface area contributed by atoms with Gasteiger partial charge in [-0.05, 0) is 37.5 Å². The van der Waals surface area contributed by atoms with E-state index in [2.05, 4.69) is 10.3 Å². The van der Waals surface area contributed by atoms with Gasteiger partial charge in [0.1, 0.15) is 17.2 Å². The minimum absolute atomic E-state index is 0.102. The van der Waals surface area contributed by atoms with Crippen molar-refractivity contribution in [1.29, 1.82) is 0 Å². The number of hydrogen-bond donors (Lipinski definition) is 1. The maximum atomic E-state index is 14.2. The summed E-state index contributed by atoms with van der Waals surface area (Å²) in [6, 6.07) is 3.00. The standard InChI is InChI=1S/C15H18F2N2/c1-5-18-12-7-11(8(2)3)19-15-10(16)6-9(4)14(17)13(12)15/h6-8H,5H2,1-4H3,(H,18,19). The van der Waals surface area contributed by atoms with Crippen LogP contribution in [0.3, 0.4) is 0 Å². The Bertz CT molecular complexity index is 621. The van der Waals surface area contributed by atoms with Crippen molar-refractivity contribution < 1.29 is 8.78 Å². The molecule has 0 unspecified atom stereocenters. The van der Waals surface area contributed by atoms with Gasteiger partial charge in [0.25, 0.3) is 0 Å². The van der Waals surface area contributed by atoms with E-state index in [0.717, 1.165) is 5.69 Å². The van der Waals surface area contributed by atoms with E-state index in [1.165, 1.54) is 6.07 Å². The molecule has 1 N–H and O–H groups in total. The number of aromatic nitrogens is 1. The smallest absolute Gasteiger partial charge is 0.149 e. The van der Waals surface area contributed by atoms with Gasteiger partial charge in [-0.25, -0.2) is 13.8 Å². The lowest BCUT2D eigenvalue weighted by Crippen LogP contribution is -2.05. The molecular weight excluding hydrogens is 246 g/mol. The molecule has 1 aromatic carbocycles. The van der Waals surface area contributed by atoms with Crippen molar-refractivity contribution in [2.75, 3.05) is 11.9 Å². The number of pyridine rings is 1. The van der Waals surface area contributed by atoms with Gasteiger partial charge in [0, 0.05) is 17.9 Å². The van der Waals surface area contributed by atoms with Crippen LogP contribution in [0.4, 0.5) is 14.5 Å². The quantitative estimate of drug-likeness (QED) is 0.890. The first-order valence-corrected chi connectivity index (χ1v) is 6.48. The van der Waals surface area contributed by atoms with Gasteiger partial charge in [-0.15, -0.1) is 0 Å². The Balaban J connectivity index is 2.86. The van der Waals surface area contributed by atoms with Crippen LogP contribution in [0.15, 0.2) is 12.1 Å². The molecule has 0 amide bonds. The lowest BCUT2D eigenvalue weighted by atomic mass is 10.0. The Morgan fingerprint density at radius 3 is 2.53 bits per heavy atom. The largest absolute Gasteiger partial charge is 0.385 e. The van der Waals surface area contributed by atoms with Gasteiger partial charge >= 0.3 is 0 Å². The lowest BCUT2D eigenvalue weighted by Gasteiger charge is -2.14. The number of aryl methyl sites for hydroxylation is 1. The Morgan fingerprint density at radius 2 is 1.95 bits per heavy atom. The van der Waals surface area contributed by atoms with E-state index in [9.17, 15) is 8.78 Å². The second-order valence-corrected chi connectivity index (χ2v) is 4.99. The fourth-order valence-corrected chi connectivity index (χ4v) is 2.10. The van der Waals surface area contributed by atoms with Crippen molar-refractivity contribution in [2.24, 2.45) is 0 Å². The third kappa shape index (κ3) is 2.39. The van der Waals surface area contributed by atoms with Crippen LogP contribution < -0.4 is 5.32 Å². The summed E-state index contributed by atoms with van der Waals surface area (Å²) in [6.45, 7) is 8.08. The Hall–Kier alpha value is -1.71. The second kappa shape index (κ2) is 5.11. The number of halogens is 2. The number of benzene rings is 1. The van der Waals surface area contributed by atoms with Gasteiger partial charge in [0.15, 0.2) is 0 Å². The number of hydrogen-bond acceptors (Lipinski definition) is 2. The van der Waals surface area contributed by atoms with Crippen LogP contribution >= 0.6 is 0 Å². The number of anilines is 1. The summed E-state index contributed by atoms with van der Waals surface area (Å²) in [5.41, 5.74) is 1.76. The number of nitrogens with zero attached hydrogens (tertiary/aromatic N) is 1. The summed E-state index contributed by atoms with van der Waals surface area (Å²) in [7, 11) is 0. The monoisotopic (exact) mass is 264 g/mol. The summed E-state index contributed by atoms with van der Waals surface area (Å²) in [5.74, 6) is -0.726. The van der Waals surface area contributed by atoms with Crippen LogP contribution in [-0.2, 0) is 0 Å². The van der Waals surface area contributed by atoms with Crippen LogP contribution in [0, 0.1) is 18.6 Å². The van der Waals surface area contributed by atoms with E-state index in [1.807, 2.05) is 20.8 Å². The molecule has 2 aromatic rings. The first-order chi connectivity index (χ1) is 8.95. The summed E-state index contributed by atoms with van der Waals surface area (Å²) < 4.78 is 28.3. The zero-order valence-corrected chi connectivity index (χ0v) is 11.6. The Labute approximate surface area is 111 Å². The van der Waals surface area contributed by atoms with Crippen LogP contribution in [0.2, 0.25) is 0 Å². The fraction of sp³-hybridized carbons (Fsp3) is 0.400. The topological polar surface area (TPSA) is 24.9 Å². The molecule has 0 atom stereocenters. The average molecular weight is 264 g/mol. The molecule has 19 heavy (non-hydrogen) atoms. The zero-order valence-electron chi connectivity index (χ0n) is 11.6. The molecule has 0 saturated heterocycles. The molecule has 0 fully saturated rings. The maximum Gasteiger partial charge on any atom is 0.149 e. The minimum Gasteiger partial charge on any atom is -0.385 e. The minimum atomic E-state index is -0.476. The van der Waals surface area contributed by atoms with E-state index in [-0.39, 0.29) is 16.8 Å². The molecule has 102 valence electrons. The van der Waals surface area contributed by atoms with Crippen LogP contribution in [0.5, 0.6) is 0 Å². The van der Waals surface area contributed by atoms with Crippen molar-refractivity contribution in [3.8, 4) is 0 Å². The van der Waals surface area contributed by atoms with Crippen molar-refractivity contribution in [1.82, 2.24) is 4.98 Å². The number of rotatable bonds is 3. The molecule has 2 rings (SSSR count). The van der Waals surface area contributed by atoms with Gasteiger partial charge < -0.3 is 5.32 Å². The molecule has 0 aliphatic rings. The summed E-state index contributed by atoms with van der Waals surface area (Å²) >= 11 is 0. The fourth-order valence-electron chi connectivity index (χ4n) is 2.10. The maximum absolute atomic E-state index is 14.2. The molecule has 1 aromatic heterocycles. The first kappa shape index (κ1) is 13.7. The highest BCUT2D eigenvalue weighted by molar-refractivity contribution is 5.93. The molecule has 0 saturated carbocycles. The van der Waals surface area contributed by atoms with Gasteiger partial charge in [-0.2, -0.15) is 0 Å². The Morgan fingerprint density at radius 1 is 1.26 bits per heavy atom. The molecule has 0 bridgehead atoms. The highest BCUT2D eigenvalue weighted by Crippen LogP contribution is 2.31. The lowest BCUT2D eigenvalue weighted by molar-refractivity contribution is 0.607. The van der Waals surface area contributed by atoms with Gasteiger partial charge in [0.05, 0.1) is 5.39 Å². The highest BCUT2D eigenvalue weighted by atomic mass is 19.1. The number of nitrogens with one attached hydrogen (secondary N) is 1. The molecule has 2 nitrogen and oxygen atoms in total. The SMILES string of the molecule is CCNc1cc(C(C)C)nc2c(F)cc(C)c(F)c12. The third-order valence-electron chi connectivity index (χ3n) is 3.13. The molecule has 1 heterocycles. The molecule has 0 aliphatic carbocycles. The van der Waals surface area contributed by atoms with Gasteiger partial charge in [-0.1, -0.05) is 13.8 Å². The Kier molecular flexibility index (Phi) is 3.69. The molecule has 0 radical (unpaired) electrons. The van der Waals surface area contributed by atoms with E-state index in [4.69, 9.17) is 0 Å². The van der Waals surface area contributed by atoms with Gasteiger partial charge in [-0.3, -0.25) is 0 Å². The summed E-state index contributed by atoms with van der Waals surface area (Å²) in [4.78, 5) is 4.26. The summed E-state index contributed by atoms with van der Waals surface area (Å²) in [5, 5.41) is 3.33. The summed E-state index contributed by atoms with van der Waals surface area (Å²) in [6.07, 6.45) is 0. The van der Waals surface area contributed by atoms with Crippen molar-refractivity contribution in [2.45, 2.75) is 33.6 Å². The van der Waals surface area contributed by atoms with E-state index < -0.39 is 11.6 Å². The van der Waals surface area contributed by atoms with Gasteiger partial charge in [0.2, 0.25) is 0 Å². The van der Waals surface area contributed by atoms with Crippen molar-refractivity contribution in [3.05, 3.63) is 35.0 Å². The molecule has 0 aliphatic heterocycles.